The Morgan fingerprint density at radius 3 is 2.33 bits per heavy atom. The highest BCUT2D eigenvalue weighted by Crippen LogP contribution is 2.20. The van der Waals surface area contributed by atoms with E-state index in [9.17, 15) is 14.9 Å². The Morgan fingerprint density at radius 2 is 1.83 bits per heavy atom. The van der Waals surface area contributed by atoms with Gasteiger partial charge in [0.2, 0.25) is 5.91 Å². The molecule has 0 aliphatic carbocycles. The van der Waals surface area contributed by atoms with Crippen LogP contribution in [0, 0.1) is 10.1 Å². The van der Waals surface area contributed by atoms with Crippen LogP contribution in [0.5, 0.6) is 0 Å². The Morgan fingerprint density at radius 1 is 1.29 bits per heavy atom. The summed E-state index contributed by atoms with van der Waals surface area (Å²) in [6, 6.07) is 6.01. The number of benzene rings is 1. The van der Waals surface area contributed by atoms with Gasteiger partial charge >= 0.3 is 0 Å². The van der Waals surface area contributed by atoms with Crippen molar-refractivity contribution < 1.29 is 9.72 Å². The summed E-state index contributed by atoms with van der Waals surface area (Å²) in [6.45, 7) is 4.34. The van der Waals surface area contributed by atoms with E-state index in [-0.39, 0.29) is 11.6 Å². The molecular weight excluding hydrogens is 348 g/mol. The van der Waals surface area contributed by atoms with Gasteiger partial charge in [-0.25, -0.2) is 0 Å². The average molecular weight is 368 g/mol. The molecule has 7 nitrogen and oxygen atoms in total. The molecule has 1 unspecified atom stereocenters. The molecule has 130 valence electrons. The summed E-state index contributed by atoms with van der Waals surface area (Å²) >= 11 is 6.97. The molecule has 0 radical (unpaired) electrons. The lowest BCUT2D eigenvalue weighted by Gasteiger charge is -2.36. The SMILES string of the molecule is CC(N)C(=O)N1CCN(C(=S)SCc2ccc([N+](=O)[O-])cc2)CC1. The number of thiocarbonyl (C=S) groups is 1. The van der Waals surface area contributed by atoms with E-state index >= 15 is 0 Å². The number of hydrogen-bond donors (Lipinski definition) is 1. The average Bonchev–Trinajstić information content (AvgIpc) is 2.59. The molecule has 1 fully saturated rings. The fourth-order valence-electron chi connectivity index (χ4n) is 2.35. The van der Waals surface area contributed by atoms with Crippen LogP contribution in [0.2, 0.25) is 0 Å². The van der Waals surface area contributed by atoms with Crippen LogP contribution >= 0.6 is 24.0 Å². The Balaban J connectivity index is 1.79. The number of thioether (sulfide) groups is 1. The summed E-state index contributed by atoms with van der Waals surface area (Å²) < 4.78 is 0.779. The van der Waals surface area contributed by atoms with Crippen molar-refractivity contribution in [2.24, 2.45) is 5.73 Å². The second kappa shape index (κ2) is 8.41. The molecule has 2 rings (SSSR count). The predicted octanol–water partition coefficient (Wildman–Crippen LogP) is 1.60. The van der Waals surface area contributed by atoms with E-state index in [1.807, 2.05) is 0 Å². The van der Waals surface area contributed by atoms with Gasteiger partial charge in [-0.15, -0.1) is 0 Å². The van der Waals surface area contributed by atoms with E-state index in [1.54, 1.807) is 24.0 Å². The molecule has 1 heterocycles. The molecule has 0 aromatic heterocycles. The Labute approximate surface area is 150 Å². The molecule has 2 N–H and O–H groups in total. The molecule has 1 aromatic rings. The van der Waals surface area contributed by atoms with Crippen molar-refractivity contribution in [2.45, 2.75) is 18.7 Å². The molecule has 0 bridgehead atoms. The van der Waals surface area contributed by atoms with Gasteiger partial charge in [-0.1, -0.05) is 36.1 Å². The number of amides is 1. The number of nitrogens with zero attached hydrogens (tertiary/aromatic N) is 3. The van der Waals surface area contributed by atoms with Crippen LogP contribution in [0.25, 0.3) is 0 Å². The third-order valence-electron chi connectivity index (χ3n) is 3.75. The maximum atomic E-state index is 11.9. The maximum absolute atomic E-state index is 11.9. The summed E-state index contributed by atoms with van der Waals surface area (Å²) in [4.78, 5) is 25.9. The number of carbonyl (C=O) groups excluding carboxylic acids is 1. The molecular formula is C15H20N4O3S2. The number of piperazine rings is 1. The standard InChI is InChI=1S/C15H20N4O3S2/c1-11(16)14(20)17-6-8-18(9-7-17)15(23)24-10-12-2-4-13(5-3-12)19(21)22/h2-5,11H,6-10,16H2,1H3. The lowest BCUT2D eigenvalue weighted by atomic mass is 10.2. The molecule has 1 aromatic carbocycles. The first-order chi connectivity index (χ1) is 11.4. The van der Waals surface area contributed by atoms with Crippen molar-refractivity contribution >= 4 is 39.9 Å². The van der Waals surface area contributed by atoms with Gasteiger partial charge in [0.15, 0.2) is 0 Å². The second-order valence-electron chi connectivity index (χ2n) is 5.58. The van der Waals surface area contributed by atoms with Gasteiger partial charge in [0.1, 0.15) is 4.32 Å². The number of nitro benzene ring substituents is 1. The minimum Gasteiger partial charge on any atom is -0.354 e. The van der Waals surface area contributed by atoms with Gasteiger partial charge in [-0.05, 0) is 12.5 Å². The fraction of sp³-hybridized carbons (Fsp3) is 0.467. The molecule has 1 aliphatic heterocycles. The molecule has 1 saturated heterocycles. The molecule has 0 saturated carbocycles. The van der Waals surface area contributed by atoms with E-state index < -0.39 is 11.0 Å². The van der Waals surface area contributed by atoms with E-state index in [1.165, 1.54) is 23.9 Å². The zero-order valence-corrected chi connectivity index (χ0v) is 15.0. The Kier molecular flexibility index (Phi) is 6.52. The van der Waals surface area contributed by atoms with Gasteiger partial charge in [0, 0.05) is 44.1 Å². The normalized spacial score (nSPS) is 15.9. The minimum atomic E-state index is -0.472. The molecule has 9 heteroatoms. The number of carbonyl (C=O) groups is 1. The van der Waals surface area contributed by atoms with Crippen LogP contribution in [-0.4, -0.2) is 57.2 Å². The first-order valence-electron chi connectivity index (χ1n) is 7.58. The number of non-ortho nitro benzene ring substituents is 1. The van der Waals surface area contributed by atoms with Gasteiger partial charge < -0.3 is 15.5 Å². The van der Waals surface area contributed by atoms with Crippen molar-refractivity contribution in [3.05, 3.63) is 39.9 Å². The van der Waals surface area contributed by atoms with E-state index in [4.69, 9.17) is 18.0 Å². The number of rotatable bonds is 4. The zero-order chi connectivity index (χ0) is 17.7. The third kappa shape index (κ3) is 4.89. The highest BCUT2D eigenvalue weighted by atomic mass is 32.2. The summed E-state index contributed by atoms with van der Waals surface area (Å²) in [5.41, 5.74) is 6.70. The lowest BCUT2D eigenvalue weighted by molar-refractivity contribution is -0.384. The van der Waals surface area contributed by atoms with Gasteiger partial charge in [-0.3, -0.25) is 14.9 Å². The van der Waals surface area contributed by atoms with Gasteiger partial charge in [0.05, 0.1) is 11.0 Å². The molecule has 0 spiro atoms. The Bertz CT molecular complexity index is 614. The highest BCUT2D eigenvalue weighted by molar-refractivity contribution is 8.22. The van der Waals surface area contributed by atoms with Crippen LogP contribution in [0.4, 0.5) is 5.69 Å². The predicted molar refractivity (Wildman–Crippen MR) is 98.8 cm³/mol. The first-order valence-corrected chi connectivity index (χ1v) is 8.97. The number of nitro groups is 1. The molecule has 1 atom stereocenters. The maximum Gasteiger partial charge on any atom is 0.269 e. The lowest BCUT2D eigenvalue weighted by Crippen LogP contribution is -2.53. The molecule has 24 heavy (non-hydrogen) atoms. The van der Waals surface area contributed by atoms with Crippen molar-refractivity contribution in [3.63, 3.8) is 0 Å². The largest absolute Gasteiger partial charge is 0.354 e. The zero-order valence-electron chi connectivity index (χ0n) is 13.4. The summed E-state index contributed by atoms with van der Waals surface area (Å²) in [6.07, 6.45) is 0. The van der Waals surface area contributed by atoms with Crippen molar-refractivity contribution in [1.29, 1.82) is 0 Å². The third-order valence-corrected chi connectivity index (χ3v) is 5.34. The first kappa shape index (κ1) is 18.6. The monoisotopic (exact) mass is 368 g/mol. The van der Waals surface area contributed by atoms with E-state index in [0.29, 0.717) is 31.9 Å². The van der Waals surface area contributed by atoms with Crippen molar-refractivity contribution in [1.82, 2.24) is 9.80 Å². The minimum absolute atomic E-state index is 0.0286. The number of nitrogens with two attached hydrogens (primary N) is 1. The van der Waals surface area contributed by atoms with Gasteiger partial charge in [-0.2, -0.15) is 0 Å². The fourth-order valence-corrected chi connectivity index (χ4v) is 3.55. The smallest absolute Gasteiger partial charge is 0.269 e. The van der Waals surface area contributed by atoms with E-state index in [2.05, 4.69) is 4.90 Å². The van der Waals surface area contributed by atoms with Crippen molar-refractivity contribution in [3.8, 4) is 0 Å². The highest BCUT2D eigenvalue weighted by Gasteiger charge is 2.24. The van der Waals surface area contributed by atoms with Crippen LogP contribution in [0.15, 0.2) is 24.3 Å². The summed E-state index contributed by atoms with van der Waals surface area (Å²) in [7, 11) is 0. The van der Waals surface area contributed by atoms with Gasteiger partial charge in [0.25, 0.3) is 5.69 Å². The van der Waals surface area contributed by atoms with Crippen LogP contribution in [0.3, 0.4) is 0 Å². The van der Waals surface area contributed by atoms with Crippen LogP contribution in [-0.2, 0) is 10.5 Å². The Hall–Kier alpha value is -1.71. The van der Waals surface area contributed by atoms with Crippen molar-refractivity contribution in [2.75, 3.05) is 26.2 Å². The summed E-state index contributed by atoms with van der Waals surface area (Å²) in [5.74, 6) is 0.634. The quantitative estimate of drug-likeness (QED) is 0.490. The molecule has 1 aliphatic rings. The van der Waals surface area contributed by atoms with Crippen LogP contribution < -0.4 is 5.73 Å². The van der Waals surface area contributed by atoms with Crippen LogP contribution in [0.1, 0.15) is 12.5 Å². The number of hydrogen-bond acceptors (Lipinski definition) is 6. The summed E-state index contributed by atoms with van der Waals surface area (Å²) in [5, 5.41) is 10.6. The second-order valence-corrected chi connectivity index (χ2v) is 7.19. The topological polar surface area (TPSA) is 92.7 Å². The van der Waals surface area contributed by atoms with E-state index in [0.717, 1.165) is 9.88 Å². The molecule has 1 amide bonds.